The van der Waals surface area contributed by atoms with Crippen molar-refractivity contribution in [2.24, 2.45) is 0 Å². The fraction of sp³-hybridized carbons (Fsp3) is 0.286. The highest BCUT2D eigenvalue weighted by Gasteiger charge is 2.18. The Morgan fingerprint density at radius 1 is 1.17 bits per heavy atom. The molecule has 0 aliphatic rings. The minimum absolute atomic E-state index is 0.132. The molecule has 0 saturated heterocycles. The monoisotopic (exact) mass is 416 g/mol. The standard InChI is InChI=1S/C21H21ClN2O5/c1-3-9-28-20-16(22)10-15(11-18(20)27-4-2)21(26)29-13-19(25)24-17-8-6-5-7-14(17)12-23/h5-8,10-11H,3-4,9,13H2,1-2H3,(H,24,25). The van der Waals surface area contributed by atoms with Crippen LogP contribution in [0.2, 0.25) is 5.02 Å². The van der Waals surface area contributed by atoms with E-state index in [2.05, 4.69) is 5.32 Å². The number of anilines is 1. The molecule has 0 saturated carbocycles. The van der Waals surface area contributed by atoms with Gasteiger partial charge in [0, 0.05) is 0 Å². The molecular formula is C21H21ClN2O5. The summed E-state index contributed by atoms with van der Waals surface area (Å²) in [5.74, 6) is -0.621. The number of hydrogen-bond acceptors (Lipinski definition) is 6. The Balaban J connectivity index is 2.06. The number of para-hydroxylation sites is 1. The van der Waals surface area contributed by atoms with Crippen LogP contribution in [-0.2, 0) is 9.53 Å². The number of nitriles is 1. The van der Waals surface area contributed by atoms with Crippen LogP contribution in [-0.4, -0.2) is 31.7 Å². The molecule has 29 heavy (non-hydrogen) atoms. The molecule has 0 radical (unpaired) electrons. The predicted octanol–water partition coefficient (Wildman–Crippen LogP) is 4.19. The molecule has 2 aromatic rings. The molecule has 0 atom stereocenters. The average Bonchev–Trinajstić information content (AvgIpc) is 2.72. The third-order valence-corrected chi connectivity index (χ3v) is 3.93. The van der Waals surface area contributed by atoms with Gasteiger partial charge in [-0.2, -0.15) is 5.26 Å². The zero-order valence-corrected chi connectivity index (χ0v) is 16.9. The molecule has 2 rings (SSSR count). The Bertz CT molecular complexity index is 924. The number of rotatable bonds is 9. The SMILES string of the molecule is CCCOc1c(Cl)cc(C(=O)OCC(=O)Nc2ccccc2C#N)cc1OCC. The summed E-state index contributed by atoms with van der Waals surface area (Å²) in [7, 11) is 0. The fourth-order valence-corrected chi connectivity index (χ4v) is 2.65. The van der Waals surface area contributed by atoms with Gasteiger partial charge in [-0.1, -0.05) is 30.7 Å². The van der Waals surface area contributed by atoms with Crippen LogP contribution in [0.1, 0.15) is 36.2 Å². The highest BCUT2D eigenvalue weighted by atomic mass is 35.5. The van der Waals surface area contributed by atoms with Crippen molar-refractivity contribution in [3.8, 4) is 17.6 Å². The zero-order chi connectivity index (χ0) is 21.2. The molecule has 2 aromatic carbocycles. The second-order valence-corrected chi connectivity index (χ2v) is 6.26. The minimum atomic E-state index is -0.737. The molecule has 1 N–H and O–H groups in total. The van der Waals surface area contributed by atoms with Gasteiger partial charge in [0.15, 0.2) is 18.1 Å². The van der Waals surface area contributed by atoms with Crippen LogP contribution >= 0.6 is 11.6 Å². The minimum Gasteiger partial charge on any atom is -0.490 e. The Morgan fingerprint density at radius 2 is 1.93 bits per heavy atom. The van der Waals surface area contributed by atoms with Crippen LogP contribution in [0.25, 0.3) is 0 Å². The summed E-state index contributed by atoms with van der Waals surface area (Å²) in [5.41, 5.74) is 0.783. The van der Waals surface area contributed by atoms with Crippen molar-refractivity contribution in [1.82, 2.24) is 0 Å². The highest BCUT2D eigenvalue weighted by Crippen LogP contribution is 2.37. The molecule has 0 heterocycles. The maximum absolute atomic E-state index is 12.3. The number of nitrogens with one attached hydrogen (secondary N) is 1. The van der Waals surface area contributed by atoms with Crippen molar-refractivity contribution in [3.05, 3.63) is 52.5 Å². The first kappa shape index (κ1) is 22.1. The van der Waals surface area contributed by atoms with E-state index in [4.69, 9.17) is 31.1 Å². The van der Waals surface area contributed by atoms with Gasteiger partial charge >= 0.3 is 5.97 Å². The number of nitrogens with zero attached hydrogens (tertiary/aromatic N) is 1. The number of benzene rings is 2. The Hall–Kier alpha value is -3.24. The Morgan fingerprint density at radius 3 is 2.62 bits per heavy atom. The van der Waals surface area contributed by atoms with Gasteiger partial charge in [-0.25, -0.2) is 4.79 Å². The van der Waals surface area contributed by atoms with Crippen molar-refractivity contribution in [2.45, 2.75) is 20.3 Å². The third-order valence-electron chi connectivity index (χ3n) is 3.65. The summed E-state index contributed by atoms with van der Waals surface area (Å²) in [6, 6.07) is 11.4. The van der Waals surface area contributed by atoms with Gasteiger partial charge < -0.3 is 19.5 Å². The summed E-state index contributed by atoms with van der Waals surface area (Å²) < 4.78 is 16.2. The number of carbonyl (C=O) groups excluding carboxylic acids is 2. The second-order valence-electron chi connectivity index (χ2n) is 5.85. The van der Waals surface area contributed by atoms with Gasteiger partial charge in [0.25, 0.3) is 5.91 Å². The van der Waals surface area contributed by atoms with E-state index in [1.165, 1.54) is 12.1 Å². The van der Waals surface area contributed by atoms with Crippen LogP contribution in [0.5, 0.6) is 11.5 Å². The van der Waals surface area contributed by atoms with E-state index in [1.807, 2.05) is 13.0 Å². The normalized spacial score (nSPS) is 10.0. The quantitative estimate of drug-likeness (QED) is 0.615. The van der Waals surface area contributed by atoms with Crippen LogP contribution in [0.4, 0.5) is 5.69 Å². The summed E-state index contributed by atoms with van der Waals surface area (Å²) in [5, 5.41) is 11.8. The van der Waals surface area contributed by atoms with E-state index in [0.717, 1.165) is 6.42 Å². The number of esters is 1. The van der Waals surface area contributed by atoms with E-state index in [0.29, 0.717) is 36.0 Å². The molecule has 7 nitrogen and oxygen atoms in total. The molecule has 0 fully saturated rings. The van der Waals surface area contributed by atoms with E-state index >= 15 is 0 Å². The van der Waals surface area contributed by atoms with Crippen LogP contribution < -0.4 is 14.8 Å². The van der Waals surface area contributed by atoms with E-state index < -0.39 is 18.5 Å². The molecular weight excluding hydrogens is 396 g/mol. The number of hydrogen-bond donors (Lipinski definition) is 1. The van der Waals surface area contributed by atoms with Crippen molar-refractivity contribution in [2.75, 3.05) is 25.1 Å². The Labute approximate surface area is 174 Å². The smallest absolute Gasteiger partial charge is 0.338 e. The lowest BCUT2D eigenvalue weighted by Crippen LogP contribution is -2.21. The summed E-state index contributed by atoms with van der Waals surface area (Å²) >= 11 is 6.23. The average molecular weight is 417 g/mol. The number of carbonyl (C=O) groups is 2. The predicted molar refractivity (Wildman–Crippen MR) is 108 cm³/mol. The largest absolute Gasteiger partial charge is 0.490 e. The number of amides is 1. The number of ether oxygens (including phenoxy) is 3. The van der Waals surface area contributed by atoms with Crippen molar-refractivity contribution < 1.29 is 23.8 Å². The van der Waals surface area contributed by atoms with E-state index in [1.54, 1.807) is 31.2 Å². The van der Waals surface area contributed by atoms with Crippen molar-refractivity contribution in [1.29, 1.82) is 5.26 Å². The first-order valence-electron chi connectivity index (χ1n) is 9.05. The first-order chi connectivity index (χ1) is 14.0. The summed E-state index contributed by atoms with van der Waals surface area (Å²) in [6.45, 7) is 4.05. The van der Waals surface area contributed by atoms with Gasteiger partial charge in [-0.05, 0) is 37.6 Å². The first-order valence-corrected chi connectivity index (χ1v) is 9.43. The zero-order valence-electron chi connectivity index (χ0n) is 16.2. The highest BCUT2D eigenvalue weighted by molar-refractivity contribution is 6.32. The number of halogens is 1. The van der Waals surface area contributed by atoms with Crippen LogP contribution in [0, 0.1) is 11.3 Å². The van der Waals surface area contributed by atoms with Gasteiger partial charge in [-0.15, -0.1) is 0 Å². The van der Waals surface area contributed by atoms with Gasteiger partial charge in [0.05, 0.1) is 35.1 Å². The third kappa shape index (κ3) is 6.13. The van der Waals surface area contributed by atoms with Crippen LogP contribution in [0.3, 0.4) is 0 Å². The van der Waals surface area contributed by atoms with Gasteiger partial charge in [0.2, 0.25) is 0 Å². The summed E-state index contributed by atoms with van der Waals surface area (Å²) in [4.78, 5) is 24.4. The maximum atomic E-state index is 12.3. The van der Waals surface area contributed by atoms with Crippen molar-refractivity contribution >= 4 is 29.2 Å². The molecule has 0 unspecified atom stereocenters. The molecule has 0 bridgehead atoms. The Kier molecular flexibility index (Phi) is 8.31. The fourth-order valence-electron chi connectivity index (χ4n) is 2.38. The van der Waals surface area contributed by atoms with Crippen molar-refractivity contribution in [3.63, 3.8) is 0 Å². The lowest BCUT2D eigenvalue weighted by atomic mass is 10.2. The molecule has 0 spiro atoms. The molecule has 8 heteroatoms. The van der Waals surface area contributed by atoms with E-state index in [9.17, 15) is 9.59 Å². The maximum Gasteiger partial charge on any atom is 0.338 e. The lowest BCUT2D eigenvalue weighted by molar-refractivity contribution is -0.119. The van der Waals surface area contributed by atoms with Gasteiger partial charge in [-0.3, -0.25) is 4.79 Å². The second kappa shape index (κ2) is 10.9. The summed E-state index contributed by atoms with van der Waals surface area (Å²) in [6.07, 6.45) is 0.787. The lowest BCUT2D eigenvalue weighted by Gasteiger charge is -2.14. The molecule has 152 valence electrons. The van der Waals surface area contributed by atoms with Crippen LogP contribution in [0.15, 0.2) is 36.4 Å². The van der Waals surface area contributed by atoms with E-state index in [-0.39, 0.29) is 10.6 Å². The molecule has 1 amide bonds. The topological polar surface area (TPSA) is 97.6 Å². The molecule has 0 aliphatic heterocycles. The van der Waals surface area contributed by atoms with Gasteiger partial charge in [0.1, 0.15) is 6.07 Å². The molecule has 0 aromatic heterocycles. The molecule has 0 aliphatic carbocycles.